The van der Waals surface area contributed by atoms with Crippen LogP contribution in [0.2, 0.25) is 10.0 Å². The van der Waals surface area contributed by atoms with Crippen LogP contribution in [0.4, 0.5) is 0 Å². The van der Waals surface area contributed by atoms with Crippen LogP contribution in [0.25, 0.3) is 11.3 Å². The van der Waals surface area contributed by atoms with Gasteiger partial charge in [-0.1, -0.05) is 50.4 Å². The van der Waals surface area contributed by atoms with Gasteiger partial charge in [0.15, 0.2) is 0 Å². The Morgan fingerprint density at radius 2 is 1.90 bits per heavy atom. The van der Waals surface area contributed by atoms with E-state index in [0.29, 0.717) is 51.5 Å². The van der Waals surface area contributed by atoms with Crippen molar-refractivity contribution in [3.63, 3.8) is 0 Å². The molecule has 3 aromatic rings. The molecule has 1 unspecified atom stereocenters. The van der Waals surface area contributed by atoms with Crippen LogP contribution < -0.4 is 5.43 Å². The van der Waals surface area contributed by atoms with Crippen molar-refractivity contribution in [1.29, 1.82) is 0 Å². The highest BCUT2D eigenvalue weighted by atomic mass is 79.9. The fraction of sp³-hybridized carbons (Fsp3) is 0.414. The van der Waals surface area contributed by atoms with Gasteiger partial charge in [-0.05, 0) is 81.3 Å². The molecule has 3 atom stereocenters. The second-order valence-corrected chi connectivity index (χ2v) is 12.3. The van der Waals surface area contributed by atoms with Crippen LogP contribution in [0.3, 0.4) is 0 Å². The van der Waals surface area contributed by atoms with Crippen LogP contribution in [0.15, 0.2) is 50.5 Å². The molecule has 0 radical (unpaired) electrons. The van der Waals surface area contributed by atoms with Crippen molar-refractivity contribution in [2.75, 3.05) is 0 Å². The number of hydrogen-bond acceptors (Lipinski definition) is 5. The van der Waals surface area contributed by atoms with Crippen molar-refractivity contribution in [3.8, 4) is 11.3 Å². The van der Waals surface area contributed by atoms with E-state index in [4.69, 9.17) is 32.5 Å². The normalized spacial score (nSPS) is 22.6. The van der Waals surface area contributed by atoms with Gasteiger partial charge in [0.2, 0.25) is 0 Å². The number of aryl methyl sites for hydroxylation is 1. The van der Waals surface area contributed by atoms with E-state index in [1.165, 1.54) is 0 Å². The Balaban J connectivity index is 1.10. The third kappa shape index (κ3) is 5.62. The van der Waals surface area contributed by atoms with Crippen molar-refractivity contribution in [2.45, 2.75) is 76.2 Å². The molecule has 2 bridgehead atoms. The lowest BCUT2D eigenvalue weighted by Crippen LogP contribution is -2.45. The number of halogens is 3. The lowest BCUT2D eigenvalue weighted by atomic mass is 10.00. The molecule has 3 heterocycles. The molecule has 1 aromatic heterocycles. The Bertz CT molecular complexity index is 1390. The van der Waals surface area contributed by atoms with Crippen molar-refractivity contribution in [1.82, 2.24) is 15.5 Å². The zero-order chi connectivity index (χ0) is 27.1. The van der Waals surface area contributed by atoms with Crippen LogP contribution >= 0.6 is 39.1 Å². The number of ether oxygens (including phenoxy) is 1. The molecule has 2 aromatic carbocycles. The molecule has 1 N–H and O–H groups in total. The number of benzene rings is 2. The molecule has 1 aliphatic carbocycles. The van der Waals surface area contributed by atoms with E-state index in [0.717, 1.165) is 59.9 Å². The number of hydrogen-bond donors (Lipinski definition) is 1. The minimum absolute atomic E-state index is 0.115. The second kappa shape index (κ2) is 11.2. The highest BCUT2D eigenvalue weighted by Gasteiger charge is 2.40. The van der Waals surface area contributed by atoms with Crippen molar-refractivity contribution >= 4 is 51.4 Å². The molecule has 6 rings (SSSR count). The molecular weight excluding hydrogens is 603 g/mol. The Morgan fingerprint density at radius 1 is 1.18 bits per heavy atom. The van der Waals surface area contributed by atoms with E-state index in [1.54, 1.807) is 12.4 Å². The summed E-state index contributed by atoms with van der Waals surface area (Å²) in [6, 6.07) is 11.6. The molecule has 0 spiro atoms. The molecule has 3 aliphatic rings. The van der Waals surface area contributed by atoms with Crippen LogP contribution in [0.1, 0.15) is 71.7 Å². The fourth-order valence-corrected chi connectivity index (χ4v) is 6.57. The summed E-state index contributed by atoms with van der Waals surface area (Å²) in [6.45, 7) is 2.36. The maximum absolute atomic E-state index is 12.5. The van der Waals surface area contributed by atoms with E-state index in [9.17, 15) is 4.79 Å². The minimum Gasteiger partial charge on any atom is -0.373 e. The van der Waals surface area contributed by atoms with Gasteiger partial charge in [0.1, 0.15) is 17.8 Å². The molecule has 204 valence electrons. The lowest BCUT2D eigenvalue weighted by Gasteiger charge is -2.37. The van der Waals surface area contributed by atoms with Gasteiger partial charge in [-0.2, -0.15) is 5.10 Å². The molecule has 2 saturated heterocycles. The highest BCUT2D eigenvalue weighted by molar-refractivity contribution is 9.10. The summed E-state index contributed by atoms with van der Waals surface area (Å²) in [5.41, 5.74) is 6.59. The van der Waals surface area contributed by atoms with Gasteiger partial charge in [0.05, 0.1) is 22.8 Å². The molecular formula is C29H29BrCl2N4O3. The molecule has 7 nitrogen and oxygen atoms in total. The number of hydrazone groups is 1. The second-order valence-electron chi connectivity index (χ2n) is 10.6. The maximum Gasteiger partial charge on any atom is 0.271 e. The molecule has 10 heteroatoms. The van der Waals surface area contributed by atoms with Crippen LogP contribution in [-0.4, -0.2) is 40.5 Å². The predicted molar refractivity (Wildman–Crippen MR) is 155 cm³/mol. The zero-order valence-corrected chi connectivity index (χ0v) is 24.6. The topological polar surface area (TPSA) is 80.0 Å². The van der Waals surface area contributed by atoms with Gasteiger partial charge in [0.25, 0.3) is 5.91 Å². The summed E-state index contributed by atoms with van der Waals surface area (Å²) in [7, 11) is 0. The van der Waals surface area contributed by atoms with Crippen LogP contribution in [-0.2, 0) is 11.3 Å². The van der Waals surface area contributed by atoms with Crippen molar-refractivity contribution in [3.05, 3.63) is 73.4 Å². The molecule has 3 fully saturated rings. The van der Waals surface area contributed by atoms with Gasteiger partial charge in [-0.3, -0.25) is 4.79 Å². The predicted octanol–water partition coefficient (Wildman–Crippen LogP) is 7.48. The van der Waals surface area contributed by atoms with E-state index in [-0.39, 0.29) is 12.0 Å². The zero-order valence-electron chi connectivity index (χ0n) is 21.5. The number of aromatic nitrogens is 1. The average Bonchev–Trinajstić information content (AvgIpc) is 3.63. The standard InChI is InChI=1S/C29H29BrCl2N4O3/c1-16-11-18(7-10-23(16)30)29(37)34-33-15-36-19-8-9-20(36)13-21(12-19)38-14-22-27(35-39-28(22)17-5-6-17)26-24(31)3-2-4-25(26)32/h2-4,7,10-11,15,17,19-21H,5-6,8-9,12-14H2,1H3,(H,34,37)/b33-15+/t19-,20+,21?. The molecule has 1 amide bonds. The molecule has 1 saturated carbocycles. The van der Waals surface area contributed by atoms with Gasteiger partial charge >= 0.3 is 0 Å². The lowest BCUT2D eigenvalue weighted by molar-refractivity contribution is -0.0105. The SMILES string of the molecule is Cc1cc(C(=O)N/N=C/N2[C@@H]3CC[C@H]2CC(OCc2c(-c4c(Cl)cccc4Cl)noc2C2CC2)C3)ccc1Br. The Labute approximate surface area is 246 Å². The van der Waals surface area contributed by atoms with Crippen molar-refractivity contribution in [2.24, 2.45) is 5.10 Å². The smallest absolute Gasteiger partial charge is 0.271 e. The number of nitrogens with zero attached hydrogens (tertiary/aromatic N) is 3. The highest BCUT2D eigenvalue weighted by Crippen LogP contribution is 2.46. The van der Waals surface area contributed by atoms with Crippen molar-refractivity contribution < 1.29 is 14.1 Å². The Kier molecular flexibility index (Phi) is 7.73. The van der Waals surface area contributed by atoms with Gasteiger partial charge in [-0.15, -0.1) is 0 Å². The third-order valence-electron chi connectivity index (χ3n) is 7.95. The fourth-order valence-electron chi connectivity index (χ4n) is 5.74. The monoisotopic (exact) mass is 630 g/mol. The van der Waals surface area contributed by atoms with E-state index < -0.39 is 0 Å². The first-order valence-corrected chi connectivity index (χ1v) is 14.9. The van der Waals surface area contributed by atoms with E-state index >= 15 is 0 Å². The summed E-state index contributed by atoms with van der Waals surface area (Å²) in [5.74, 6) is 1.06. The summed E-state index contributed by atoms with van der Waals surface area (Å²) in [5, 5.41) is 9.76. The quantitative estimate of drug-likeness (QED) is 0.158. The number of carbonyl (C=O) groups is 1. The van der Waals surface area contributed by atoms with Gasteiger partial charge < -0.3 is 14.2 Å². The largest absolute Gasteiger partial charge is 0.373 e. The van der Waals surface area contributed by atoms with E-state index in [1.807, 2.05) is 37.3 Å². The number of fused-ring (bicyclic) bond motifs is 2. The molecule has 2 aliphatic heterocycles. The third-order valence-corrected chi connectivity index (χ3v) is 9.47. The Morgan fingerprint density at radius 3 is 2.56 bits per heavy atom. The van der Waals surface area contributed by atoms with Gasteiger partial charge in [0, 0.05) is 39.2 Å². The number of nitrogens with one attached hydrogen (secondary N) is 1. The summed E-state index contributed by atoms with van der Waals surface area (Å²) in [6.07, 6.45) is 8.04. The summed E-state index contributed by atoms with van der Waals surface area (Å²) >= 11 is 16.5. The minimum atomic E-state index is -0.220. The Hall–Kier alpha value is -2.39. The number of amides is 1. The first-order valence-electron chi connectivity index (χ1n) is 13.3. The number of carbonyl (C=O) groups excluding carboxylic acids is 1. The number of piperidine rings is 1. The molecule has 39 heavy (non-hydrogen) atoms. The maximum atomic E-state index is 12.5. The summed E-state index contributed by atoms with van der Waals surface area (Å²) in [4.78, 5) is 14.8. The number of rotatable bonds is 8. The average molecular weight is 632 g/mol. The summed E-state index contributed by atoms with van der Waals surface area (Å²) < 4.78 is 13.3. The van der Waals surface area contributed by atoms with E-state index in [2.05, 4.69) is 36.5 Å². The van der Waals surface area contributed by atoms with Crippen LogP contribution in [0.5, 0.6) is 0 Å². The first kappa shape index (κ1) is 26.8. The van der Waals surface area contributed by atoms with Crippen LogP contribution in [0, 0.1) is 6.92 Å². The first-order chi connectivity index (χ1) is 18.9. The van der Waals surface area contributed by atoms with Gasteiger partial charge in [-0.25, -0.2) is 5.43 Å².